The Morgan fingerprint density at radius 1 is 0.967 bits per heavy atom. The lowest BCUT2D eigenvalue weighted by Crippen LogP contribution is -2.12. The summed E-state index contributed by atoms with van der Waals surface area (Å²) < 4.78 is 1.08. The van der Waals surface area contributed by atoms with Gasteiger partial charge in [0.25, 0.3) is 5.91 Å². The standard InChI is InChI=1S/C24H22N4O2/c1-16(27(2)3)17-8-10-19(11-9-17)24(29)25-20-14-12-18(13-15-20)23-26-21-6-4-5-7-22(21)28(23)30/h4-15,30H,1H2,2-3H3,(H,25,29). The SMILES string of the molecule is C=C(c1ccc(C(=O)Nc2ccc(-c3nc4ccccc4n3O)cc2)cc1)N(C)C. The van der Waals surface area contributed by atoms with E-state index in [4.69, 9.17) is 0 Å². The van der Waals surface area contributed by atoms with Crippen molar-refractivity contribution < 1.29 is 10.0 Å². The van der Waals surface area contributed by atoms with E-state index in [1.54, 1.807) is 30.3 Å². The Hall–Kier alpha value is -4.06. The molecular weight excluding hydrogens is 376 g/mol. The first kappa shape index (κ1) is 19.3. The van der Waals surface area contributed by atoms with Gasteiger partial charge < -0.3 is 15.4 Å². The molecule has 6 nitrogen and oxygen atoms in total. The van der Waals surface area contributed by atoms with Crippen LogP contribution in [0.25, 0.3) is 28.1 Å². The number of imidazole rings is 1. The van der Waals surface area contributed by atoms with Crippen molar-refractivity contribution in [1.82, 2.24) is 14.6 Å². The number of nitrogens with one attached hydrogen (secondary N) is 1. The second kappa shape index (κ2) is 7.75. The first-order valence-electron chi connectivity index (χ1n) is 9.49. The minimum Gasteiger partial charge on any atom is -0.426 e. The average molecular weight is 398 g/mol. The number of hydrogen-bond acceptors (Lipinski definition) is 4. The monoisotopic (exact) mass is 398 g/mol. The van der Waals surface area contributed by atoms with Crippen molar-refractivity contribution in [2.24, 2.45) is 0 Å². The summed E-state index contributed by atoms with van der Waals surface area (Å²) in [5, 5.41) is 13.3. The molecule has 1 amide bonds. The summed E-state index contributed by atoms with van der Waals surface area (Å²) >= 11 is 0. The average Bonchev–Trinajstić information content (AvgIpc) is 3.10. The lowest BCUT2D eigenvalue weighted by molar-refractivity contribution is 0.102. The van der Waals surface area contributed by atoms with Crippen LogP contribution in [0.15, 0.2) is 79.4 Å². The van der Waals surface area contributed by atoms with E-state index in [2.05, 4.69) is 16.9 Å². The first-order valence-corrected chi connectivity index (χ1v) is 9.49. The normalized spacial score (nSPS) is 10.7. The lowest BCUT2D eigenvalue weighted by Gasteiger charge is -2.16. The van der Waals surface area contributed by atoms with E-state index >= 15 is 0 Å². The Morgan fingerprint density at radius 3 is 2.23 bits per heavy atom. The Labute approximate surface area is 174 Å². The highest BCUT2D eigenvalue weighted by Gasteiger charge is 2.12. The molecular formula is C24H22N4O2. The van der Waals surface area contributed by atoms with E-state index in [1.165, 1.54) is 0 Å². The van der Waals surface area contributed by atoms with Crippen LogP contribution >= 0.6 is 0 Å². The Morgan fingerprint density at radius 2 is 1.60 bits per heavy atom. The molecule has 0 saturated carbocycles. The van der Waals surface area contributed by atoms with Crippen molar-refractivity contribution in [3.8, 4) is 11.4 Å². The third-order valence-electron chi connectivity index (χ3n) is 4.96. The number of carbonyl (C=O) groups excluding carboxylic acids is 1. The second-order valence-corrected chi connectivity index (χ2v) is 7.19. The van der Waals surface area contributed by atoms with Gasteiger partial charge in [-0.05, 0) is 54.1 Å². The fraction of sp³-hybridized carbons (Fsp3) is 0.0833. The van der Waals surface area contributed by atoms with Crippen molar-refractivity contribution in [3.05, 3.63) is 90.5 Å². The zero-order valence-electron chi connectivity index (χ0n) is 16.8. The summed E-state index contributed by atoms with van der Waals surface area (Å²) in [6.45, 7) is 4.02. The molecule has 30 heavy (non-hydrogen) atoms. The third kappa shape index (κ3) is 3.63. The van der Waals surface area contributed by atoms with Gasteiger partial charge in [0.2, 0.25) is 0 Å². The maximum atomic E-state index is 12.6. The minimum atomic E-state index is -0.195. The molecule has 0 fully saturated rings. The Kier molecular flexibility index (Phi) is 4.98. The first-order chi connectivity index (χ1) is 14.4. The van der Waals surface area contributed by atoms with Gasteiger partial charge in [-0.2, -0.15) is 4.73 Å². The highest BCUT2D eigenvalue weighted by atomic mass is 16.5. The molecule has 2 N–H and O–H groups in total. The van der Waals surface area contributed by atoms with Gasteiger partial charge in [0.05, 0.1) is 5.52 Å². The van der Waals surface area contributed by atoms with Crippen LogP contribution in [0.2, 0.25) is 0 Å². The van der Waals surface area contributed by atoms with Crippen molar-refractivity contribution in [3.63, 3.8) is 0 Å². The summed E-state index contributed by atoms with van der Waals surface area (Å²) in [7, 11) is 3.86. The predicted octanol–water partition coefficient (Wildman–Crippen LogP) is 4.73. The summed E-state index contributed by atoms with van der Waals surface area (Å²) in [6.07, 6.45) is 0. The number of carbonyl (C=O) groups is 1. The van der Waals surface area contributed by atoms with Crippen molar-refractivity contribution in [2.45, 2.75) is 0 Å². The summed E-state index contributed by atoms with van der Waals surface area (Å²) in [6, 6.07) is 21.9. The van der Waals surface area contributed by atoms with E-state index in [9.17, 15) is 10.0 Å². The number of fused-ring (bicyclic) bond motifs is 1. The molecule has 1 aromatic heterocycles. The van der Waals surface area contributed by atoms with E-state index in [1.807, 2.05) is 61.5 Å². The number of aromatic nitrogens is 2. The molecule has 0 unspecified atom stereocenters. The highest BCUT2D eigenvalue weighted by Crippen LogP contribution is 2.25. The van der Waals surface area contributed by atoms with E-state index in [0.29, 0.717) is 28.1 Å². The minimum absolute atomic E-state index is 0.195. The molecule has 0 saturated heterocycles. The Balaban J connectivity index is 1.50. The van der Waals surface area contributed by atoms with Crippen LogP contribution in [0.1, 0.15) is 15.9 Å². The smallest absolute Gasteiger partial charge is 0.255 e. The topological polar surface area (TPSA) is 70.4 Å². The van der Waals surface area contributed by atoms with Crippen molar-refractivity contribution >= 4 is 28.3 Å². The molecule has 4 rings (SSSR count). The summed E-state index contributed by atoms with van der Waals surface area (Å²) in [5.41, 5.74) is 5.18. The quantitative estimate of drug-likeness (QED) is 0.477. The molecule has 0 bridgehead atoms. The molecule has 0 aliphatic rings. The van der Waals surface area contributed by atoms with Gasteiger partial charge in [-0.15, -0.1) is 0 Å². The molecule has 0 atom stereocenters. The van der Waals surface area contributed by atoms with Crippen LogP contribution in [-0.2, 0) is 0 Å². The van der Waals surface area contributed by atoms with Crippen LogP contribution in [0.3, 0.4) is 0 Å². The number of para-hydroxylation sites is 2. The van der Waals surface area contributed by atoms with Gasteiger partial charge in [0.1, 0.15) is 5.52 Å². The molecule has 0 spiro atoms. The largest absolute Gasteiger partial charge is 0.426 e. The van der Waals surface area contributed by atoms with Gasteiger partial charge in [-0.3, -0.25) is 4.79 Å². The van der Waals surface area contributed by atoms with Crippen LogP contribution in [0.5, 0.6) is 0 Å². The summed E-state index contributed by atoms with van der Waals surface area (Å²) in [4.78, 5) is 19.0. The fourth-order valence-corrected chi connectivity index (χ4v) is 3.18. The predicted molar refractivity (Wildman–Crippen MR) is 119 cm³/mol. The molecule has 0 aliphatic heterocycles. The molecule has 3 aromatic carbocycles. The van der Waals surface area contributed by atoms with Crippen LogP contribution in [-0.4, -0.2) is 39.8 Å². The number of nitrogens with zero attached hydrogens (tertiary/aromatic N) is 3. The van der Waals surface area contributed by atoms with Gasteiger partial charge in [-0.1, -0.05) is 30.8 Å². The van der Waals surface area contributed by atoms with Crippen LogP contribution in [0, 0.1) is 0 Å². The van der Waals surface area contributed by atoms with Gasteiger partial charge in [-0.25, -0.2) is 4.98 Å². The number of anilines is 1. The van der Waals surface area contributed by atoms with Crippen molar-refractivity contribution in [2.75, 3.05) is 19.4 Å². The molecule has 4 aromatic rings. The molecule has 0 aliphatic carbocycles. The number of hydrogen-bond donors (Lipinski definition) is 2. The summed E-state index contributed by atoms with van der Waals surface area (Å²) in [5.74, 6) is 0.255. The molecule has 6 heteroatoms. The Bertz CT molecular complexity index is 1220. The van der Waals surface area contributed by atoms with E-state index in [-0.39, 0.29) is 5.91 Å². The highest BCUT2D eigenvalue weighted by molar-refractivity contribution is 6.04. The van der Waals surface area contributed by atoms with Crippen molar-refractivity contribution in [1.29, 1.82) is 0 Å². The van der Waals surface area contributed by atoms with Gasteiger partial charge in [0, 0.05) is 36.6 Å². The maximum absolute atomic E-state index is 12.6. The molecule has 1 heterocycles. The zero-order valence-corrected chi connectivity index (χ0v) is 16.8. The molecule has 150 valence electrons. The van der Waals surface area contributed by atoms with Crippen LogP contribution in [0.4, 0.5) is 5.69 Å². The second-order valence-electron chi connectivity index (χ2n) is 7.19. The van der Waals surface area contributed by atoms with E-state index in [0.717, 1.165) is 21.6 Å². The molecule has 0 radical (unpaired) electrons. The lowest BCUT2D eigenvalue weighted by atomic mass is 10.1. The van der Waals surface area contributed by atoms with Gasteiger partial charge in [0.15, 0.2) is 5.82 Å². The zero-order chi connectivity index (χ0) is 21.3. The third-order valence-corrected chi connectivity index (χ3v) is 4.96. The fourth-order valence-electron chi connectivity index (χ4n) is 3.18. The van der Waals surface area contributed by atoms with E-state index < -0.39 is 0 Å². The van der Waals surface area contributed by atoms with Gasteiger partial charge >= 0.3 is 0 Å². The number of rotatable bonds is 5. The number of benzene rings is 3. The number of amides is 1. The maximum Gasteiger partial charge on any atom is 0.255 e. The van der Waals surface area contributed by atoms with Crippen LogP contribution < -0.4 is 5.32 Å².